The molecule has 0 bridgehead atoms. The number of ether oxygens (including phenoxy) is 1. The Morgan fingerprint density at radius 2 is 1.41 bits per heavy atom. The van der Waals surface area contributed by atoms with Gasteiger partial charge in [-0.05, 0) is 60.7 Å². The Labute approximate surface area is 188 Å². The first kappa shape index (κ1) is 22.8. The minimum atomic E-state index is -0.536. The van der Waals surface area contributed by atoms with Gasteiger partial charge in [-0.3, -0.25) is 14.4 Å². The lowest BCUT2D eigenvalue weighted by Crippen LogP contribution is -2.33. The van der Waals surface area contributed by atoms with Crippen molar-refractivity contribution in [2.24, 2.45) is 0 Å². The van der Waals surface area contributed by atoms with E-state index in [0.29, 0.717) is 16.4 Å². The number of anilines is 2. The number of hydrogen-bond donors (Lipinski definition) is 3. The minimum Gasteiger partial charge on any atom is -0.483 e. The Bertz CT molecular complexity index is 1100. The second-order valence-corrected chi connectivity index (χ2v) is 7.01. The second-order valence-electron chi connectivity index (χ2n) is 6.58. The van der Waals surface area contributed by atoms with Gasteiger partial charge < -0.3 is 20.7 Å². The highest BCUT2D eigenvalue weighted by Crippen LogP contribution is 2.18. The molecule has 0 aromatic heterocycles. The first-order chi connectivity index (χ1) is 15.4. The van der Waals surface area contributed by atoms with Gasteiger partial charge in [-0.2, -0.15) is 0 Å². The van der Waals surface area contributed by atoms with E-state index in [9.17, 15) is 18.8 Å². The van der Waals surface area contributed by atoms with Gasteiger partial charge in [0, 0.05) is 16.4 Å². The number of carbonyl (C=O) groups excluding carboxylic acids is 3. The second kappa shape index (κ2) is 10.9. The highest BCUT2D eigenvalue weighted by molar-refractivity contribution is 6.30. The highest BCUT2D eigenvalue weighted by atomic mass is 35.5. The van der Waals surface area contributed by atoms with E-state index in [4.69, 9.17) is 16.3 Å². The Balaban J connectivity index is 1.52. The van der Waals surface area contributed by atoms with Gasteiger partial charge in [-0.25, -0.2) is 4.39 Å². The third-order valence-electron chi connectivity index (χ3n) is 4.16. The van der Waals surface area contributed by atoms with Gasteiger partial charge in [0.2, 0.25) is 5.91 Å². The molecule has 0 atom stereocenters. The van der Waals surface area contributed by atoms with Crippen LogP contribution in [-0.4, -0.2) is 30.9 Å². The summed E-state index contributed by atoms with van der Waals surface area (Å²) in [6.07, 6.45) is 0. The van der Waals surface area contributed by atoms with Crippen molar-refractivity contribution in [3.8, 4) is 5.75 Å². The molecular formula is C23H19ClFN3O4. The monoisotopic (exact) mass is 455 g/mol. The van der Waals surface area contributed by atoms with Crippen molar-refractivity contribution in [1.82, 2.24) is 5.32 Å². The van der Waals surface area contributed by atoms with E-state index in [1.807, 2.05) is 0 Å². The van der Waals surface area contributed by atoms with Crippen LogP contribution in [0.2, 0.25) is 5.02 Å². The Hall–Kier alpha value is -3.91. The molecule has 3 amide bonds. The van der Waals surface area contributed by atoms with Gasteiger partial charge >= 0.3 is 0 Å². The Kier molecular flexibility index (Phi) is 7.77. The fourth-order valence-corrected chi connectivity index (χ4v) is 2.77. The largest absolute Gasteiger partial charge is 0.483 e. The smallest absolute Gasteiger partial charge is 0.262 e. The molecular weight excluding hydrogens is 437 g/mol. The van der Waals surface area contributed by atoms with Gasteiger partial charge in [0.15, 0.2) is 6.61 Å². The first-order valence-corrected chi connectivity index (χ1v) is 9.89. The average Bonchev–Trinajstić information content (AvgIpc) is 2.79. The zero-order chi connectivity index (χ0) is 22.9. The third kappa shape index (κ3) is 6.82. The minimum absolute atomic E-state index is 0.168. The maximum atomic E-state index is 12.9. The van der Waals surface area contributed by atoms with E-state index in [0.717, 1.165) is 0 Å². The van der Waals surface area contributed by atoms with Crippen LogP contribution in [0.1, 0.15) is 10.4 Å². The van der Waals surface area contributed by atoms with Gasteiger partial charge in [0.25, 0.3) is 11.8 Å². The van der Waals surface area contributed by atoms with Crippen molar-refractivity contribution in [2.45, 2.75) is 0 Å². The molecule has 0 spiro atoms. The highest BCUT2D eigenvalue weighted by Gasteiger charge is 2.14. The fraction of sp³-hybridized carbons (Fsp3) is 0.0870. The third-order valence-corrected chi connectivity index (χ3v) is 4.41. The zero-order valence-corrected chi connectivity index (χ0v) is 17.5. The lowest BCUT2D eigenvalue weighted by atomic mass is 10.2. The molecule has 0 fully saturated rings. The number of amides is 3. The maximum absolute atomic E-state index is 12.9. The van der Waals surface area contributed by atoms with Crippen LogP contribution in [0.5, 0.6) is 5.75 Å². The number of nitrogens with one attached hydrogen (secondary N) is 3. The molecule has 0 saturated heterocycles. The first-order valence-electron chi connectivity index (χ1n) is 9.51. The van der Waals surface area contributed by atoms with Crippen LogP contribution >= 0.6 is 11.6 Å². The van der Waals surface area contributed by atoms with E-state index in [1.165, 1.54) is 36.4 Å². The van der Waals surface area contributed by atoms with Crippen molar-refractivity contribution in [1.29, 1.82) is 0 Å². The molecule has 3 aromatic carbocycles. The molecule has 0 heterocycles. The van der Waals surface area contributed by atoms with Gasteiger partial charge in [-0.1, -0.05) is 23.7 Å². The fourth-order valence-electron chi connectivity index (χ4n) is 2.65. The lowest BCUT2D eigenvalue weighted by Gasteiger charge is -2.12. The van der Waals surface area contributed by atoms with E-state index in [1.54, 1.807) is 36.4 Å². The lowest BCUT2D eigenvalue weighted by molar-refractivity contribution is -0.118. The van der Waals surface area contributed by atoms with Crippen molar-refractivity contribution in [2.75, 3.05) is 23.8 Å². The predicted octanol–water partition coefficient (Wildman–Crippen LogP) is 3.87. The van der Waals surface area contributed by atoms with Gasteiger partial charge in [0.1, 0.15) is 11.6 Å². The van der Waals surface area contributed by atoms with Crippen LogP contribution in [0.4, 0.5) is 15.8 Å². The summed E-state index contributed by atoms with van der Waals surface area (Å²) in [7, 11) is 0. The van der Waals surface area contributed by atoms with Crippen LogP contribution in [0.15, 0.2) is 72.8 Å². The molecule has 32 heavy (non-hydrogen) atoms. The van der Waals surface area contributed by atoms with E-state index in [2.05, 4.69) is 16.0 Å². The SMILES string of the molecule is O=C(CNC(=O)c1ccccc1OCC(=O)Nc1ccc(F)cc1)Nc1ccc(Cl)cc1. The summed E-state index contributed by atoms with van der Waals surface area (Å²) in [5.41, 5.74) is 1.13. The quantitative estimate of drug-likeness (QED) is 0.480. The molecule has 0 aliphatic rings. The predicted molar refractivity (Wildman–Crippen MR) is 119 cm³/mol. The number of benzene rings is 3. The van der Waals surface area contributed by atoms with Crippen LogP contribution in [0.25, 0.3) is 0 Å². The summed E-state index contributed by atoms with van der Waals surface area (Å²) in [6.45, 7) is -0.625. The van der Waals surface area contributed by atoms with Crippen molar-refractivity contribution in [3.63, 3.8) is 0 Å². The average molecular weight is 456 g/mol. The van der Waals surface area contributed by atoms with Gasteiger partial charge in [0.05, 0.1) is 12.1 Å². The molecule has 3 rings (SSSR count). The molecule has 0 unspecified atom stereocenters. The molecule has 164 valence electrons. The van der Waals surface area contributed by atoms with Gasteiger partial charge in [-0.15, -0.1) is 0 Å². The van der Waals surface area contributed by atoms with Crippen molar-refractivity contribution >= 4 is 40.7 Å². The van der Waals surface area contributed by atoms with E-state index in [-0.39, 0.29) is 24.5 Å². The standard InChI is InChI=1S/C23H19ClFN3O4/c24-15-5-9-17(10-6-15)27-21(29)13-26-23(31)19-3-1-2-4-20(19)32-14-22(30)28-18-11-7-16(25)8-12-18/h1-12H,13-14H2,(H,26,31)(H,27,29)(H,28,30). The molecule has 3 N–H and O–H groups in total. The summed E-state index contributed by atoms with van der Waals surface area (Å²) < 4.78 is 18.4. The molecule has 0 radical (unpaired) electrons. The van der Waals surface area contributed by atoms with E-state index < -0.39 is 23.5 Å². The van der Waals surface area contributed by atoms with Crippen LogP contribution in [0.3, 0.4) is 0 Å². The van der Waals surface area contributed by atoms with Crippen LogP contribution in [0, 0.1) is 5.82 Å². The molecule has 3 aromatic rings. The summed E-state index contributed by atoms with van der Waals surface area (Å²) in [4.78, 5) is 36.6. The van der Waals surface area contributed by atoms with Crippen molar-refractivity contribution < 1.29 is 23.5 Å². The van der Waals surface area contributed by atoms with Crippen molar-refractivity contribution in [3.05, 3.63) is 89.2 Å². The molecule has 0 saturated carbocycles. The number of halogens is 2. The summed E-state index contributed by atoms with van der Waals surface area (Å²) >= 11 is 5.80. The number of carbonyl (C=O) groups is 3. The zero-order valence-electron chi connectivity index (χ0n) is 16.7. The van der Waals surface area contributed by atoms with E-state index >= 15 is 0 Å². The van der Waals surface area contributed by atoms with Crippen LogP contribution in [-0.2, 0) is 9.59 Å². The maximum Gasteiger partial charge on any atom is 0.262 e. The van der Waals surface area contributed by atoms with Crippen LogP contribution < -0.4 is 20.7 Å². The molecule has 7 nitrogen and oxygen atoms in total. The summed E-state index contributed by atoms with van der Waals surface area (Å²) in [6, 6.07) is 18.2. The topological polar surface area (TPSA) is 96.5 Å². The number of para-hydroxylation sites is 1. The Morgan fingerprint density at radius 1 is 0.812 bits per heavy atom. The normalized spacial score (nSPS) is 10.2. The summed E-state index contributed by atoms with van der Waals surface area (Å²) in [5, 5.41) is 8.25. The summed E-state index contributed by atoms with van der Waals surface area (Å²) in [5.74, 6) is -1.67. The molecule has 0 aliphatic heterocycles. The Morgan fingerprint density at radius 3 is 2.09 bits per heavy atom. The number of hydrogen-bond acceptors (Lipinski definition) is 4. The number of rotatable bonds is 8. The molecule has 9 heteroatoms. The molecule has 0 aliphatic carbocycles.